The molecule has 0 aliphatic carbocycles. The Hall–Kier alpha value is -3.43. The van der Waals surface area contributed by atoms with Gasteiger partial charge in [-0.1, -0.05) is 18.2 Å². The maximum Gasteiger partial charge on any atom is 0.276 e. The Morgan fingerprint density at radius 3 is 2.50 bits per heavy atom. The van der Waals surface area contributed by atoms with E-state index in [2.05, 4.69) is 15.1 Å². The van der Waals surface area contributed by atoms with Gasteiger partial charge in [0.2, 0.25) is 0 Å². The Bertz CT molecular complexity index is 1200. The maximum absolute atomic E-state index is 13.1. The zero-order valence-corrected chi connectivity index (χ0v) is 18.1. The zero-order chi connectivity index (χ0) is 21.9. The Morgan fingerprint density at radius 1 is 1.00 bits per heavy atom. The smallest absolute Gasteiger partial charge is 0.276 e. The molecule has 0 spiro atoms. The minimum absolute atomic E-state index is 0.0975. The molecule has 0 radical (unpaired) electrons. The van der Waals surface area contributed by atoms with Crippen molar-refractivity contribution >= 4 is 17.2 Å². The van der Waals surface area contributed by atoms with E-state index in [0.29, 0.717) is 18.8 Å². The lowest BCUT2D eigenvalue weighted by Gasteiger charge is -2.33. The molecule has 1 fully saturated rings. The molecular formula is C23H21FN6OS. The third kappa shape index (κ3) is 4.44. The molecule has 32 heavy (non-hydrogen) atoms. The molecule has 1 amide bonds. The van der Waals surface area contributed by atoms with E-state index in [-0.39, 0.29) is 11.7 Å². The Kier molecular flexibility index (Phi) is 5.74. The van der Waals surface area contributed by atoms with Crippen molar-refractivity contribution in [3.05, 3.63) is 82.7 Å². The summed E-state index contributed by atoms with van der Waals surface area (Å²) in [5.41, 5.74) is 2.94. The van der Waals surface area contributed by atoms with Crippen molar-refractivity contribution in [2.45, 2.75) is 6.54 Å². The largest absolute Gasteiger partial charge is 0.335 e. The zero-order valence-electron chi connectivity index (χ0n) is 17.3. The van der Waals surface area contributed by atoms with E-state index in [1.165, 1.54) is 23.1 Å². The third-order valence-corrected chi connectivity index (χ3v) is 6.24. The fourth-order valence-corrected chi connectivity index (χ4v) is 4.49. The summed E-state index contributed by atoms with van der Waals surface area (Å²) in [4.78, 5) is 23.1. The molecular weight excluding hydrogens is 427 g/mol. The summed E-state index contributed by atoms with van der Waals surface area (Å²) in [5.74, 6) is -0.348. The van der Waals surface area contributed by atoms with Gasteiger partial charge in [-0.15, -0.1) is 16.4 Å². The molecule has 0 bridgehead atoms. The summed E-state index contributed by atoms with van der Waals surface area (Å²) in [7, 11) is 0. The highest BCUT2D eigenvalue weighted by Gasteiger charge is 2.24. The summed E-state index contributed by atoms with van der Waals surface area (Å²) in [6, 6.07) is 15.9. The average Bonchev–Trinajstić information content (AvgIpc) is 3.51. The van der Waals surface area contributed by atoms with Crippen LogP contribution in [0.5, 0.6) is 0 Å². The number of benzene rings is 2. The van der Waals surface area contributed by atoms with E-state index in [0.717, 1.165) is 41.6 Å². The molecule has 7 nitrogen and oxygen atoms in total. The average molecular weight is 449 g/mol. The minimum atomic E-state index is -0.251. The van der Waals surface area contributed by atoms with Crippen LogP contribution in [0, 0.1) is 5.82 Å². The van der Waals surface area contributed by atoms with E-state index in [1.807, 2.05) is 40.6 Å². The second-order valence-electron chi connectivity index (χ2n) is 7.56. The summed E-state index contributed by atoms with van der Waals surface area (Å²) >= 11 is 1.60. The molecule has 1 aliphatic rings. The molecule has 162 valence electrons. The first-order valence-corrected chi connectivity index (χ1v) is 11.2. The highest BCUT2D eigenvalue weighted by Crippen LogP contribution is 2.23. The standard InChI is InChI=1S/C23H21FN6OS/c24-18-8-6-17(7-9-18)21-16-32-22(26-21)15-28-10-12-29(13-11-28)23(31)20-14-25-30(27-20)19-4-2-1-3-5-19/h1-9,14,16H,10-13,15H2. The molecule has 3 heterocycles. The maximum atomic E-state index is 13.1. The number of hydrogen-bond acceptors (Lipinski definition) is 6. The van der Waals surface area contributed by atoms with E-state index in [1.54, 1.807) is 23.5 Å². The van der Waals surface area contributed by atoms with Gasteiger partial charge in [-0.25, -0.2) is 9.37 Å². The molecule has 2 aromatic heterocycles. The highest BCUT2D eigenvalue weighted by atomic mass is 32.1. The van der Waals surface area contributed by atoms with E-state index in [4.69, 9.17) is 4.98 Å². The number of hydrogen-bond donors (Lipinski definition) is 0. The van der Waals surface area contributed by atoms with Crippen LogP contribution in [-0.2, 0) is 6.54 Å². The van der Waals surface area contributed by atoms with Gasteiger partial charge in [0.05, 0.1) is 24.1 Å². The monoisotopic (exact) mass is 448 g/mol. The molecule has 1 saturated heterocycles. The number of carbonyl (C=O) groups is 1. The van der Waals surface area contributed by atoms with Crippen molar-refractivity contribution in [3.8, 4) is 16.9 Å². The van der Waals surface area contributed by atoms with Gasteiger partial charge < -0.3 is 4.90 Å². The Labute approximate surface area is 188 Å². The van der Waals surface area contributed by atoms with Crippen LogP contribution in [0.3, 0.4) is 0 Å². The lowest BCUT2D eigenvalue weighted by atomic mass is 10.2. The van der Waals surface area contributed by atoms with Crippen molar-refractivity contribution in [3.63, 3.8) is 0 Å². The number of para-hydroxylation sites is 1. The molecule has 0 N–H and O–H groups in total. The number of piperazine rings is 1. The van der Waals surface area contributed by atoms with Gasteiger partial charge in [-0.3, -0.25) is 9.69 Å². The van der Waals surface area contributed by atoms with Crippen LogP contribution in [-0.4, -0.2) is 61.9 Å². The number of amides is 1. The minimum Gasteiger partial charge on any atom is -0.335 e. The lowest BCUT2D eigenvalue weighted by Crippen LogP contribution is -2.48. The molecule has 5 rings (SSSR count). The van der Waals surface area contributed by atoms with Crippen LogP contribution >= 0.6 is 11.3 Å². The predicted octanol–water partition coefficient (Wildman–Crippen LogP) is 3.49. The van der Waals surface area contributed by atoms with Gasteiger partial charge in [-0.2, -0.15) is 9.90 Å². The van der Waals surface area contributed by atoms with Crippen LogP contribution in [0.4, 0.5) is 4.39 Å². The van der Waals surface area contributed by atoms with Gasteiger partial charge in [0, 0.05) is 37.1 Å². The Balaban J connectivity index is 1.17. The van der Waals surface area contributed by atoms with Crippen LogP contribution < -0.4 is 0 Å². The SMILES string of the molecule is O=C(c1cnn(-c2ccccc2)n1)N1CCN(Cc2nc(-c3ccc(F)cc3)cs2)CC1. The topological polar surface area (TPSA) is 67.2 Å². The van der Waals surface area contributed by atoms with Crippen molar-refractivity contribution in [1.82, 2.24) is 29.8 Å². The van der Waals surface area contributed by atoms with Gasteiger partial charge in [0.15, 0.2) is 5.69 Å². The first kappa shape index (κ1) is 20.5. The molecule has 1 aliphatic heterocycles. The summed E-state index contributed by atoms with van der Waals surface area (Å²) < 4.78 is 13.1. The molecule has 0 saturated carbocycles. The normalized spacial score (nSPS) is 14.6. The Morgan fingerprint density at radius 2 is 1.75 bits per heavy atom. The second kappa shape index (κ2) is 8.97. The third-order valence-electron chi connectivity index (χ3n) is 5.41. The van der Waals surface area contributed by atoms with Crippen molar-refractivity contribution in [2.24, 2.45) is 0 Å². The first-order valence-electron chi connectivity index (χ1n) is 10.4. The quantitative estimate of drug-likeness (QED) is 0.468. The number of aromatic nitrogens is 4. The van der Waals surface area contributed by atoms with Gasteiger partial charge in [0.25, 0.3) is 5.91 Å². The van der Waals surface area contributed by atoms with E-state index in [9.17, 15) is 9.18 Å². The fraction of sp³-hybridized carbons (Fsp3) is 0.217. The second-order valence-corrected chi connectivity index (χ2v) is 8.50. The number of nitrogens with zero attached hydrogens (tertiary/aromatic N) is 6. The summed E-state index contributed by atoms with van der Waals surface area (Å²) in [5, 5.41) is 11.6. The number of halogens is 1. The van der Waals surface area contributed by atoms with Crippen LogP contribution in [0.15, 0.2) is 66.2 Å². The number of carbonyl (C=O) groups excluding carboxylic acids is 1. The van der Waals surface area contributed by atoms with Gasteiger partial charge >= 0.3 is 0 Å². The first-order chi connectivity index (χ1) is 15.7. The summed E-state index contributed by atoms with van der Waals surface area (Å²) in [6.07, 6.45) is 1.52. The predicted molar refractivity (Wildman–Crippen MR) is 120 cm³/mol. The molecule has 2 aromatic carbocycles. The fourth-order valence-electron chi connectivity index (χ4n) is 3.65. The van der Waals surface area contributed by atoms with Crippen LogP contribution in [0.2, 0.25) is 0 Å². The van der Waals surface area contributed by atoms with Gasteiger partial charge in [-0.05, 0) is 36.4 Å². The van der Waals surface area contributed by atoms with Crippen LogP contribution in [0.25, 0.3) is 16.9 Å². The molecule has 4 aromatic rings. The van der Waals surface area contributed by atoms with Crippen LogP contribution in [0.1, 0.15) is 15.5 Å². The lowest BCUT2D eigenvalue weighted by molar-refractivity contribution is 0.0622. The van der Waals surface area contributed by atoms with Crippen molar-refractivity contribution in [2.75, 3.05) is 26.2 Å². The van der Waals surface area contributed by atoms with E-state index < -0.39 is 0 Å². The number of rotatable bonds is 5. The highest BCUT2D eigenvalue weighted by molar-refractivity contribution is 7.09. The molecule has 0 atom stereocenters. The van der Waals surface area contributed by atoms with Gasteiger partial charge in [0.1, 0.15) is 10.8 Å². The summed E-state index contributed by atoms with van der Waals surface area (Å²) in [6.45, 7) is 3.53. The molecule has 0 unspecified atom stereocenters. The van der Waals surface area contributed by atoms with Crippen molar-refractivity contribution < 1.29 is 9.18 Å². The van der Waals surface area contributed by atoms with Crippen molar-refractivity contribution in [1.29, 1.82) is 0 Å². The molecule has 9 heteroatoms. The van der Waals surface area contributed by atoms with E-state index >= 15 is 0 Å². The number of thiazole rings is 1.